The van der Waals surface area contributed by atoms with Crippen LogP contribution in [0.15, 0.2) is 0 Å². The summed E-state index contributed by atoms with van der Waals surface area (Å²) >= 11 is 0. The topological polar surface area (TPSA) is 60.9 Å². The smallest absolute Gasteiger partial charge is 0.303 e. The Morgan fingerprint density at radius 2 is 1.94 bits per heavy atom. The van der Waals surface area contributed by atoms with Gasteiger partial charge >= 0.3 is 5.97 Å². The first-order valence-corrected chi connectivity index (χ1v) is 6.82. The van der Waals surface area contributed by atoms with Crippen molar-refractivity contribution in [1.29, 1.82) is 0 Å². The van der Waals surface area contributed by atoms with Crippen molar-refractivity contribution in [2.24, 2.45) is 5.92 Å². The number of carbonyl (C=O) groups is 2. The number of nitrogens with zero attached hydrogens (tertiary/aromatic N) is 2. The summed E-state index contributed by atoms with van der Waals surface area (Å²) < 4.78 is 0. The van der Waals surface area contributed by atoms with Gasteiger partial charge in [-0.1, -0.05) is 0 Å². The van der Waals surface area contributed by atoms with Crippen molar-refractivity contribution in [2.75, 3.05) is 26.2 Å². The molecule has 0 aromatic rings. The van der Waals surface area contributed by atoms with Gasteiger partial charge in [0.25, 0.3) is 0 Å². The van der Waals surface area contributed by atoms with Crippen LogP contribution in [-0.4, -0.2) is 59.0 Å². The van der Waals surface area contributed by atoms with Gasteiger partial charge in [-0.15, -0.1) is 0 Å². The van der Waals surface area contributed by atoms with Crippen molar-refractivity contribution in [3.8, 4) is 0 Å². The Balaban J connectivity index is 1.84. The lowest BCUT2D eigenvalue weighted by molar-refractivity contribution is -0.138. The van der Waals surface area contributed by atoms with Crippen LogP contribution in [0.1, 0.15) is 32.6 Å². The highest BCUT2D eigenvalue weighted by atomic mass is 16.4. The molecule has 5 nitrogen and oxygen atoms in total. The molecule has 0 spiro atoms. The number of aliphatic carboxylic acids is 1. The molecule has 0 aliphatic carbocycles. The summed E-state index contributed by atoms with van der Waals surface area (Å²) in [5, 5.41) is 8.79. The normalized spacial score (nSPS) is 26.5. The Bertz CT molecular complexity index is 326. The summed E-state index contributed by atoms with van der Waals surface area (Å²) in [6.07, 6.45) is 3.34. The molecular formula is C13H22N2O3. The molecule has 0 radical (unpaired) electrons. The standard InChI is InChI=1S/C13H22N2O3/c1-10(13(18)14-5-2-3-6-14)15-7-4-11(9-15)8-12(16)17/h10-11H,2-9H2,1H3,(H,16,17). The van der Waals surface area contributed by atoms with Crippen molar-refractivity contribution in [3.63, 3.8) is 0 Å². The van der Waals surface area contributed by atoms with Crippen LogP contribution in [0.2, 0.25) is 0 Å². The van der Waals surface area contributed by atoms with Gasteiger partial charge < -0.3 is 10.0 Å². The quantitative estimate of drug-likeness (QED) is 0.806. The second kappa shape index (κ2) is 5.69. The van der Waals surface area contributed by atoms with E-state index in [2.05, 4.69) is 4.90 Å². The molecule has 0 saturated carbocycles. The maximum atomic E-state index is 12.2. The molecule has 2 aliphatic rings. The predicted octanol–water partition coefficient (Wildman–Crippen LogP) is 0.794. The Kier molecular flexibility index (Phi) is 4.22. The first kappa shape index (κ1) is 13.3. The van der Waals surface area contributed by atoms with Crippen molar-refractivity contribution in [2.45, 2.75) is 38.6 Å². The highest BCUT2D eigenvalue weighted by molar-refractivity contribution is 5.81. The molecule has 5 heteroatoms. The molecule has 1 N–H and O–H groups in total. The lowest BCUT2D eigenvalue weighted by Crippen LogP contribution is -2.45. The molecule has 0 aromatic carbocycles. The molecular weight excluding hydrogens is 232 g/mol. The highest BCUT2D eigenvalue weighted by Crippen LogP contribution is 2.23. The van der Waals surface area contributed by atoms with Crippen LogP contribution >= 0.6 is 0 Å². The summed E-state index contributed by atoms with van der Waals surface area (Å²) in [5.74, 6) is -0.319. The van der Waals surface area contributed by atoms with Crippen LogP contribution in [0.25, 0.3) is 0 Å². The number of carboxylic acid groups (broad SMARTS) is 1. The van der Waals surface area contributed by atoms with E-state index in [1.54, 1.807) is 0 Å². The molecule has 2 aliphatic heterocycles. The van der Waals surface area contributed by atoms with E-state index in [1.807, 2.05) is 11.8 Å². The molecule has 2 heterocycles. The molecule has 102 valence electrons. The van der Waals surface area contributed by atoms with Crippen molar-refractivity contribution >= 4 is 11.9 Å². The van der Waals surface area contributed by atoms with E-state index in [0.717, 1.165) is 45.4 Å². The Labute approximate surface area is 108 Å². The van der Waals surface area contributed by atoms with E-state index < -0.39 is 5.97 Å². The van der Waals surface area contributed by atoms with Gasteiger partial charge in [0, 0.05) is 26.1 Å². The molecule has 2 rings (SSSR count). The maximum Gasteiger partial charge on any atom is 0.303 e. The summed E-state index contributed by atoms with van der Waals surface area (Å²) in [7, 11) is 0. The number of amides is 1. The van der Waals surface area contributed by atoms with Crippen molar-refractivity contribution in [1.82, 2.24) is 9.80 Å². The number of rotatable bonds is 4. The fraction of sp³-hybridized carbons (Fsp3) is 0.846. The average Bonchev–Trinajstić information content (AvgIpc) is 2.96. The molecule has 0 aromatic heterocycles. The lowest BCUT2D eigenvalue weighted by Gasteiger charge is -2.27. The zero-order valence-electron chi connectivity index (χ0n) is 11.0. The zero-order chi connectivity index (χ0) is 13.1. The van der Waals surface area contributed by atoms with Crippen LogP contribution in [0.3, 0.4) is 0 Å². The third kappa shape index (κ3) is 3.02. The van der Waals surface area contributed by atoms with Crippen LogP contribution in [0, 0.1) is 5.92 Å². The molecule has 2 atom stereocenters. The van der Waals surface area contributed by atoms with E-state index >= 15 is 0 Å². The molecule has 2 unspecified atom stereocenters. The van der Waals surface area contributed by atoms with E-state index in [4.69, 9.17) is 5.11 Å². The van der Waals surface area contributed by atoms with Crippen LogP contribution < -0.4 is 0 Å². The van der Waals surface area contributed by atoms with Crippen LogP contribution in [0.4, 0.5) is 0 Å². The largest absolute Gasteiger partial charge is 0.481 e. The summed E-state index contributed by atoms with van der Waals surface area (Å²) in [6, 6.07) is -0.0955. The first-order chi connectivity index (χ1) is 8.58. The number of carboxylic acids is 1. The first-order valence-electron chi connectivity index (χ1n) is 6.82. The van der Waals surface area contributed by atoms with Crippen LogP contribution in [0.5, 0.6) is 0 Å². The maximum absolute atomic E-state index is 12.2. The molecule has 18 heavy (non-hydrogen) atoms. The minimum atomic E-state index is -0.736. The van der Waals surface area contributed by atoms with Gasteiger partial charge in [-0.05, 0) is 38.6 Å². The van der Waals surface area contributed by atoms with Crippen molar-refractivity contribution < 1.29 is 14.7 Å². The fourth-order valence-electron chi connectivity index (χ4n) is 2.99. The minimum Gasteiger partial charge on any atom is -0.481 e. The predicted molar refractivity (Wildman–Crippen MR) is 67.2 cm³/mol. The van der Waals surface area contributed by atoms with E-state index in [9.17, 15) is 9.59 Å². The number of likely N-dealkylation sites (tertiary alicyclic amines) is 2. The Morgan fingerprint density at radius 1 is 1.28 bits per heavy atom. The fourth-order valence-corrected chi connectivity index (χ4v) is 2.99. The van der Waals surface area contributed by atoms with Gasteiger partial charge in [-0.25, -0.2) is 0 Å². The molecule has 2 saturated heterocycles. The van der Waals surface area contributed by atoms with Gasteiger partial charge in [0.1, 0.15) is 0 Å². The SMILES string of the molecule is CC(C(=O)N1CCCC1)N1CCC(CC(=O)O)C1. The number of hydrogen-bond acceptors (Lipinski definition) is 3. The monoisotopic (exact) mass is 254 g/mol. The molecule has 2 fully saturated rings. The highest BCUT2D eigenvalue weighted by Gasteiger charge is 2.33. The molecule has 0 bridgehead atoms. The summed E-state index contributed by atoms with van der Waals surface area (Å²) in [5.41, 5.74) is 0. The van der Waals surface area contributed by atoms with Gasteiger partial charge in [0.2, 0.25) is 5.91 Å². The van der Waals surface area contributed by atoms with E-state index in [-0.39, 0.29) is 24.3 Å². The van der Waals surface area contributed by atoms with Crippen LogP contribution in [-0.2, 0) is 9.59 Å². The Morgan fingerprint density at radius 3 is 2.56 bits per heavy atom. The van der Waals surface area contributed by atoms with Gasteiger partial charge in [0.15, 0.2) is 0 Å². The summed E-state index contributed by atoms with van der Waals surface area (Å²) in [4.78, 5) is 27.0. The Hall–Kier alpha value is -1.10. The van der Waals surface area contributed by atoms with Gasteiger partial charge in [0.05, 0.1) is 6.04 Å². The average molecular weight is 254 g/mol. The van der Waals surface area contributed by atoms with Gasteiger partial charge in [-0.3, -0.25) is 14.5 Å². The van der Waals surface area contributed by atoms with E-state index in [1.165, 1.54) is 0 Å². The second-order valence-electron chi connectivity index (χ2n) is 5.46. The third-order valence-electron chi connectivity index (χ3n) is 4.10. The zero-order valence-corrected chi connectivity index (χ0v) is 11.0. The number of carbonyl (C=O) groups excluding carboxylic acids is 1. The lowest BCUT2D eigenvalue weighted by atomic mass is 10.1. The number of hydrogen-bond donors (Lipinski definition) is 1. The van der Waals surface area contributed by atoms with E-state index in [0.29, 0.717) is 0 Å². The third-order valence-corrected chi connectivity index (χ3v) is 4.10. The molecule has 1 amide bonds. The minimum absolute atomic E-state index is 0.0955. The second-order valence-corrected chi connectivity index (χ2v) is 5.46. The van der Waals surface area contributed by atoms with Gasteiger partial charge in [-0.2, -0.15) is 0 Å². The van der Waals surface area contributed by atoms with Crippen molar-refractivity contribution in [3.05, 3.63) is 0 Å². The summed E-state index contributed by atoms with van der Waals surface area (Å²) in [6.45, 7) is 5.31.